The van der Waals surface area contributed by atoms with Crippen LogP contribution in [0.4, 0.5) is 0 Å². The van der Waals surface area contributed by atoms with Crippen molar-refractivity contribution < 1.29 is 4.79 Å². The molecule has 98 valence electrons. The highest BCUT2D eigenvalue weighted by atomic mass is 16.1. The summed E-state index contributed by atoms with van der Waals surface area (Å²) in [5.74, 6) is 1.97. The third-order valence-corrected chi connectivity index (χ3v) is 4.82. The Balaban J connectivity index is 1.58. The lowest BCUT2D eigenvalue weighted by molar-refractivity contribution is -0.123. The first-order chi connectivity index (χ1) is 8.36. The predicted molar refractivity (Wildman–Crippen MR) is 72.0 cm³/mol. The van der Waals surface area contributed by atoms with Gasteiger partial charge in [0.2, 0.25) is 0 Å². The van der Waals surface area contributed by atoms with Crippen molar-refractivity contribution in [1.82, 2.24) is 0 Å². The fraction of sp³-hybridized carbons (Fsp3) is 0.938. The van der Waals surface area contributed by atoms with Gasteiger partial charge in [0, 0.05) is 12.3 Å². The molecule has 17 heavy (non-hydrogen) atoms. The third-order valence-electron chi connectivity index (χ3n) is 4.82. The predicted octanol–water partition coefficient (Wildman–Crippen LogP) is 4.89. The van der Waals surface area contributed by atoms with Gasteiger partial charge < -0.3 is 0 Å². The monoisotopic (exact) mass is 236 g/mol. The second-order valence-electron chi connectivity index (χ2n) is 6.20. The van der Waals surface area contributed by atoms with E-state index in [4.69, 9.17) is 0 Å². The van der Waals surface area contributed by atoms with E-state index < -0.39 is 0 Å². The van der Waals surface area contributed by atoms with E-state index in [1.807, 2.05) is 0 Å². The van der Waals surface area contributed by atoms with Crippen LogP contribution < -0.4 is 0 Å². The minimum Gasteiger partial charge on any atom is -0.299 e. The smallest absolute Gasteiger partial charge is 0.135 e. The highest BCUT2D eigenvalue weighted by Crippen LogP contribution is 2.29. The molecule has 2 aliphatic rings. The molecule has 0 saturated heterocycles. The van der Waals surface area contributed by atoms with Gasteiger partial charge in [0.15, 0.2) is 0 Å². The first kappa shape index (κ1) is 13.1. The summed E-state index contributed by atoms with van der Waals surface area (Å²) >= 11 is 0. The molecule has 0 N–H and O–H groups in total. The molecule has 0 bridgehead atoms. The molecular weight excluding hydrogens is 208 g/mol. The van der Waals surface area contributed by atoms with Gasteiger partial charge in [-0.2, -0.15) is 0 Å². The highest BCUT2D eigenvalue weighted by Gasteiger charge is 2.21. The Hall–Kier alpha value is -0.330. The van der Waals surface area contributed by atoms with E-state index in [0.717, 1.165) is 12.3 Å². The lowest BCUT2D eigenvalue weighted by Crippen LogP contribution is -2.17. The van der Waals surface area contributed by atoms with Crippen molar-refractivity contribution in [2.75, 3.05) is 0 Å². The average Bonchev–Trinajstić information content (AvgIpc) is 2.41. The first-order valence-corrected chi connectivity index (χ1v) is 7.89. The first-order valence-electron chi connectivity index (χ1n) is 7.89. The van der Waals surface area contributed by atoms with Gasteiger partial charge in [0.25, 0.3) is 0 Å². The lowest BCUT2D eigenvalue weighted by Gasteiger charge is -2.22. The van der Waals surface area contributed by atoms with Gasteiger partial charge in [0.05, 0.1) is 0 Å². The molecule has 0 heterocycles. The number of Topliss-reactive ketones (excluding diaryl/α,β-unsaturated/α-hetero) is 1. The molecule has 2 saturated carbocycles. The number of carbonyl (C=O) groups excluding carboxylic acids is 1. The Morgan fingerprint density at radius 1 is 0.824 bits per heavy atom. The molecule has 2 fully saturated rings. The number of hydrogen-bond donors (Lipinski definition) is 0. The Kier molecular flexibility index (Phi) is 5.54. The van der Waals surface area contributed by atoms with Crippen molar-refractivity contribution in [1.29, 1.82) is 0 Å². The Morgan fingerprint density at radius 2 is 1.41 bits per heavy atom. The van der Waals surface area contributed by atoms with Crippen molar-refractivity contribution >= 4 is 5.78 Å². The maximum Gasteiger partial charge on any atom is 0.135 e. The molecular formula is C16H28O. The molecule has 0 aromatic carbocycles. The van der Waals surface area contributed by atoms with E-state index >= 15 is 0 Å². The summed E-state index contributed by atoms with van der Waals surface area (Å²) in [4.78, 5) is 12.0. The van der Waals surface area contributed by atoms with Crippen LogP contribution in [0.2, 0.25) is 0 Å². The second-order valence-corrected chi connectivity index (χ2v) is 6.20. The molecule has 0 amide bonds. The van der Waals surface area contributed by atoms with E-state index in [0.29, 0.717) is 11.7 Å². The van der Waals surface area contributed by atoms with Crippen LogP contribution >= 0.6 is 0 Å². The lowest BCUT2D eigenvalue weighted by atomic mass is 9.82. The standard InChI is InChI=1S/C16H28O/c17-16(15-11-5-2-6-12-15)13-7-10-14-8-3-1-4-9-14/h14-15H,1-13H2. The zero-order chi connectivity index (χ0) is 11.9. The molecule has 0 aromatic heterocycles. The molecule has 0 spiro atoms. The SMILES string of the molecule is O=C(CCCC1CCCCC1)C1CCCCC1. The number of rotatable bonds is 5. The zero-order valence-corrected chi connectivity index (χ0v) is 11.3. The summed E-state index contributed by atoms with van der Waals surface area (Å²) in [6.07, 6.45) is 16.8. The topological polar surface area (TPSA) is 17.1 Å². The molecule has 0 aliphatic heterocycles. The molecule has 1 heteroatoms. The molecule has 2 aliphatic carbocycles. The van der Waals surface area contributed by atoms with Gasteiger partial charge in [-0.25, -0.2) is 0 Å². The summed E-state index contributed by atoms with van der Waals surface area (Å²) in [7, 11) is 0. The van der Waals surface area contributed by atoms with E-state index in [1.54, 1.807) is 0 Å². The van der Waals surface area contributed by atoms with E-state index in [-0.39, 0.29) is 0 Å². The number of ketones is 1. The normalized spacial score (nSPS) is 23.8. The van der Waals surface area contributed by atoms with E-state index in [9.17, 15) is 4.79 Å². The van der Waals surface area contributed by atoms with Crippen molar-refractivity contribution in [2.24, 2.45) is 11.8 Å². The van der Waals surface area contributed by atoms with Crippen LogP contribution in [0, 0.1) is 11.8 Å². The second kappa shape index (κ2) is 7.18. The minimum atomic E-state index is 0.440. The molecule has 0 radical (unpaired) electrons. The van der Waals surface area contributed by atoms with Gasteiger partial charge >= 0.3 is 0 Å². The van der Waals surface area contributed by atoms with Gasteiger partial charge in [0.1, 0.15) is 5.78 Å². The average molecular weight is 236 g/mol. The molecule has 0 aromatic rings. The quantitative estimate of drug-likeness (QED) is 0.664. The Labute approximate surface area is 106 Å². The summed E-state index contributed by atoms with van der Waals surface area (Å²) in [6.45, 7) is 0. The Morgan fingerprint density at radius 3 is 2.06 bits per heavy atom. The van der Waals surface area contributed by atoms with Crippen LogP contribution in [0.15, 0.2) is 0 Å². The Bertz CT molecular complexity index is 222. The largest absolute Gasteiger partial charge is 0.299 e. The maximum absolute atomic E-state index is 12.0. The fourth-order valence-electron chi connectivity index (χ4n) is 3.67. The van der Waals surface area contributed by atoms with Gasteiger partial charge in [-0.1, -0.05) is 57.8 Å². The summed E-state index contributed by atoms with van der Waals surface area (Å²) in [5, 5.41) is 0. The van der Waals surface area contributed by atoms with Crippen molar-refractivity contribution in [3.8, 4) is 0 Å². The van der Waals surface area contributed by atoms with Crippen LogP contribution in [0.1, 0.15) is 83.5 Å². The summed E-state index contributed by atoms with van der Waals surface area (Å²) in [6, 6.07) is 0. The van der Waals surface area contributed by atoms with E-state index in [2.05, 4.69) is 0 Å². The van der Waals surface area contributed by atoms with Crippen LogP contribution in [0.25, 0.3) is 0 Å². The molecule has 0 atom stereocenters. The minimum absolute atomic E-state index is 0.440. The van der Waals surface area contributed by atoms with Crippen molar-refractivity contribution in [2.45, 2.75) is 83.5 Å². The highest BCUT2D eigenvalue weighted by molar-refractivity contribution is 5.80. The maximum atomic E-state index is 12.0. The van der Waals surface area contributed by atoms with Gasteiger partial charge in [-0.15, -0.1) is 0 Å². The summed E-state index contributed by atoms with van der Waals surface area (Å²) in [5.41, 5.74) is 0. The van der Waals surface area contributed by atoms with Crippen molar-refractivity contribution in [3.05, 3.63) is 0 Å². The number of carbonyl (C=O) groups is 1. The molecule has 1 nitrogen and oxygen atoms in total. The number of hydrogen-bond acceptors (Lipinski definition) is 1. The fourth-order valence-corrected chi connectivity index (χ4v) is 3.67. The third kappa shape index (κ3) is 4.44. The van der Waals surface area contributed by atoms with Gasteiger partial charge in [-0.3, -0.25) is 4.79 Å². The van der Waals surface area contributed by atoms with Crippen LogP contribution in [0.3, 0.4) is 0 Å². The van der Waals surface area contributed by atoms with Crippen LogP contribution in [0.5, 0.6) is 0 Å². The molecule has 2 rings (SSSR count). The van der Waals surface area contributed by atoms with Crippen LogP contribution in [-0.4, -0.2) is 5.78 Å². The zero-order valence-electron chi connectivity index (χ0n) is 11.3. The van der Waals surface area contributed by atoms with Gasteiger partial charge in [-0.05, 0) is 25.2 Å². The van der Waals surface area contributed by atoms with Crippen molar-refractivity contribution in [3.63, 3.8) is 0 Å². The van der Waals surface area contributed by atoms with E-state index in [1.165, 1.54) is 77.0 Å². The summed E-state index contributed by atoms with van der Waals surface area (Å²) < 4.78 is 0. The van der Waals surface area contributed by atoms with Crippen LogP contribution in [-0.2, 0) is 4.79 Å². The molecule has 0 unspecified atom stereocenters.